The average Bonchev–Trinajstić information content (AvgIpc) is 2.78. The monoisotopic (exact) mass is 402 g/mol. The largest absolute Gasteiger partial charge is 0.375 e. The van der Waals surface area contributed by atoms with E-state index in [1.54, 1.807) is 0 Å². The molecule has 1 saturated heterocycles. The fraction of sp³-hybridized carbons (Fsp3) is 0.393. The van der Waals surface area contributed by atoms with Crippen LogP contribution in [0.1, 0.15) is 45.7 Å². The molecule has 0 bridgehead atoms. The Balaban J connectivity index is 0.00000155. The van der Waals surface area contributed by atoms with E-state index < -0.39 is 0 Å². The van der Waals surface area contributed by atoms with Gasteiger partial charge in [-0.1, -0.05) is 88.4 Å². The standard InChI is InChI=1S/C26H32N2.C2H6/c1-5-12-24(23-15-10-7-11-16-23)17-25-19-28(18-22-13-8-6-9-14-22)26(21(2)3)20-27(25)4;1-2/h5-11,13-17,21,26H,18-20H2,1-4H3;1-2H3/b25-17-;/t12?,26-;/m0./s1. The summed E-state index contributed by atoms with van der Waals surface area (Å²) < 4.78 is 0. The van der Waals surface area contributed by atoms with E-state index in [1.165, 1.54) is 16.8 Å². The van der Waals surface area contributed by atoms with Crippen molar-refractivity contribution in [3.63, 3.8) is 0 Å². The number of hydrogen-bond donors (Lipinski definition) is 0. The number of nitrogens with zero attached hydrogens (tertiary/aromatic N) is 2. The summed E-state index contributed by atoms with van der Waals surface area (Å²) in [7, 11) is 2.22. The van der Waals surface area contributed by atoms with Crippen LogP contribution in [0.15, 0.2) is 84.2 Å². The van der Waals surface area contributed by atoms with Crippen molar-refractivity contribution in [2.24, 2.45) is 5.92 Å². The quantitative estimate of drug-likeness (QED) is 0.518. The lowest BCUT2D eigenvalue weighted by molar-refractivity contribution is 0.0858. The van der Waals surface area contributed by atoms with E-state index in [0.717, 1.165) is 25.2 Å². The summed E-state index contributed by atoms with van der Waals surface area (Å²) in [6.45, 7) is 13.7. The summed E-state index contributed by atoms with van der Waals surface area (Å²) in [6.07, 6.45) is 4.31. The highest BCUT2D eigenvalue weighted by Crippen LogP contribution is 2.26. The number of likely N-dealkylation sites (N-methyl/N-ethyl adjacent to an activating group) is 1. The third-order valence-corrected chi connectivity index (χ3v) is 5.48. The Labute approximate surface area is 184 Å². The van der Waals surface area contributed by atoms with Crippen molar-refractivity contribution in [3.8, 4) is 0 Å². The van der Waals surface area contributed by atoms with Crippen molar-refractivity contribution < 1.29 is 0 Å². The normalized spacial score (nSPS) is 17.9. The first kappa shape index (κ1) is 23.7. The van der Waals surface area contributed by atoms with Gasteiger partial charge in [-0.15, -0.1) is 5.73 Å². The lowest BCUT2D eigenvalue weighted by atomic mass is 9.96. The molecular weight excluding hydrogens is 364 g/mol. The lowest BCUT2D eigenvalue weighted by Crippen LogP contribution is -2.52. The second-order valence-electron chi connectivity index (χ2n) is 7.93. The van der Waals surface area contributed by atoms with Gasteiger partial charge < -0.3 is 4.90 Å². The molecule has 1 atom stereocenters. The van der Waals surface area contributed by atoms with Gasteiger partial charge in [0, 0.05) is 44.0 Å². The van der Waals surface area contributed by atoms with Crippen LogP contribution in [0.5, 0.6) is 0 Å². The van der Waals surface area contributed by atoms with Gasteiger partial charge in [0.1, 0.15) is 0 Å². The van der Waals surface area contributed by atoms with Crippen molar-refractivity contribution in [1.29, 1.82) is 0 Å². The second kappa shape index (κ2) is 12.2. The Morgan fingerprint density at radius 1 is 1.03 bits per heavy atom. The van der Waals surface area contributed by atoms with Crippen LogP contribution >= 0.6 is 0 Å². The molecule has 0 N–H and O–H groups in total. The van der Waals surface area contributed by atoms with Crippen molar-refractivity contribution in [3.05, 3.63) is 95.4 Å². The Morgan fingerprint density at radius 3 is 2.20 bits per heavy atom. The topological polar surface area (TPSA) is 6.48 Å². The molecule has 1 aliphatic heterocycles. The molecule has 0 radical (unpaired) electrons. The molecule has 2 heteroatoms. The van der Waals surface area contributed by atoms with Crippen LogP contribution < -0.4 is 0 Å². The number of piperazine rings is 1. The summed E-state index contributed by atoms with van der Waals surface area (Å²) in [6, 6.07) is 21.9. The zero-order chi connectivity index (χ0) is 21.9. The smallest absolute Gasteiger partial charge is 0.0391 e. The van der Waals surface area contributed by atoms with Gasteiger partial charge in [-0.25, -0.2) is 0 Å². The van der Waals surface area contributed by atoms with Gasteiger partial charge in [0.05, 0.1) is 0 Å². The highest BCUT2D eigenvalue weighted by molar-refractivity contribution is 5.74. The molecule has 2 aromatic carbocycles. The van der Waals surface area contributed by atoms with Crippen molar-refractivity contribution in [1.82, 2.24) is 9.80 Å². The predicted octanol–water partition coefficient (Wildman–Crippen LogP) is 6.63. The number of allylic oxidation sites excluding steroid dienone is 2. The maximum atomic E-state index is 3.44. The van der Waals surface area contributed by atoms with Gasteiger partial charge in [-0.05, 0) is 36.1 Å². The zero-order valence-corrected chi connectivity index (χ0v) is 19.6. The average molecular weight is 403 g/mol. The van der Waals surface area contributed by atoms with Gasteiger partial charge in [-0.3, -0.25) is 4.90 Å². The summed E-state index contributed by atoms with van der Waals surface area (Å²) in [4.78, 5) is 5.05. The third-order valence-electron chi connectivity index (χ3n) is 5.48. The van der Waals surface area contributed by atoms with E-state index in [9.17, 15) is 0 Å². The Hall–Kier alpha value is -2.54. The fourth-order valence-electron chi connectivity index (χ4n) is 3.89. The van der Waals surface area contributed by atoms with Crippen LogP contribution in [0.2, 0.25) is 0 Å². The molecule has 1 fully saturated rings. The molecule has 0 aromatic heterocycles. The molecule has 160 valence electrons. The molecule has 1 heterocycles. The third kappa shape index (κ3) is 6.49. The Morgan fingerprint density at radius 2 is 1.63 bits per heavy atom. The Kier molecular flexibility index (Phi) is 9.67. The van der Waals surface area contributed by atoms with Crippen LogP contribution in [-0.4, -0.2) is 36.0 Å². The molecule has 2 aromatic rings. The Bertz CT molecular complexity index is 843. The van der Waals surface area contributed by atoms with Gasteiger partial charge in [0.2, 0.25) is 0 Å². The van der Waals surface area contributed by atoms with Crippen LogP contribution in [0.4, 0.5) is 0 Å². The zero-order valence-electron chi connectivity index (χ0n) is 19.6. The van der Waals surface area contributed by atoms with Crippen molar-refractivity contribution >= 4 is 5.57 Å². The molecule has 2 nitrogen and oxygen atoms in total. The minimum atomic E-state index is 0.549. The van der Waals surface area contributed by atoms with Crippen molar-refractivity contribution in [2.45, 2.75) is 47.2 Å². The first-order valence-electron chi connectivity index (χ1n) is 11.2. The van der Waals surface area contributed by atoms with Crippen LogP contribution in [0, 0.1) is 5.92 Å². The van der Waals surface area contributed by atoms with Crippen LogP contribution in [-0.2, 0) is 6.54 Å². The van der Waals surface area contributed by atoms with E-state index in [4.69, 9.17) is 0 Å². The summed E-state index contributed by atoms with van der Waals surface area (Å²) in [5.74, 6) is 0.618. The second-order valence-corrected chi connectivity index (χ2v) is 7.93. The van der Waals surface area contributed by atoms with E-state index in [1.807, 2.05) is 26.8 Å². The lowest BCUT2D eigenvalue weighted by Gasteiger charge is -2.44. The molecule has 0 aliphatic carbocycles. The van der Waals surface area contributed by atoms with E-state index in [2.05, 4.69) is 103 Å². The van der Waals surface area contributed by atoms with Crippen LogP contribution in [0.25, 0.3) is 5.57 Å². The summed E-state index contributed by atoms with van der Waals surface area (Å²) in [5.41, 5.74) is 8.52. The van der Waals surface area contributed by atoms with Gasteiger partial charge in [-0.2, -0.15) is 0 Å². The highest BCUT2D eigenvalue weighted by Gasteiger charge is 2.30. The number of benzene rings is 2. The predicted molar refractivity (Wildman–Crippen MR) is 131 cm³/mol. The summed E-state index contributed by atoms with van der Waals surface area (Å²) in [5, 5.41) is 0. The molecule has 3 rings (SSSR count). The highest BCUT2D eigenvalue weighted by atomic mass is 15.3. The SMILES string of the molecule is CC.CC=C=C(/C=C1/CN(Cc2ccccc2)[C@H](C(C)C)CN1C)c1ccccc1. The van der Waals surface area contributed by atoms with E-state index in [-0.39, 0.29) is 0 Å². The number of rotatable bonds is 5. The maximum absolute atomic E-state index is 3.44. The summed E-state index contributed by atoms with van der Waals surface area (Å²) >= 11 is 0. The molecule has 1 aliphatic rings. The molecular formula is C28H38N2. The molecule has 0 spiro atoms. The minimum absolute atomic E-state index is 0.549. The van der Waals surface area contributed by atoms with Crippen molar-refractivity contribution in [2.75, 3.05) is 20.1 Å². The first-order valence-corrected chi connectivity index (χ1v) is 11.2. The molecule has 0 unspecified atom stereocenters. The van der Waals surface area contributed by atoms with E-state index >= 15 is 0 Å². The number of hydrogen-bond acceptors (Lipinski definition) is 2. The van der Waals surface area contributed by atoms with Gasteiger partial charge >= 0.3 is 0 Å². The van der Waals surface area contributed by atoms with Crippen LogP contribution in [0.3, 0.4) is 0 Å². The minimum Gasteiger partial charge on any atom is -0.375 e. The maximum Gasteiger partial charge on any atom is 0.0391 e. The molecule has 30 heavy (non-hydrogen) atoms. The van der Waals surface area contributed by atoms with Gasteiger partial charge in [0.25, 0.3) is 0 Å². The molecule has 0 amide bonds. The van der Waals surface area contributed by atoms with Gasteiger partial charge in [0.15, 0.2) is 0 Å². The molecule has 0 saturated carbocycles. The first-order chi connectivity index (χ1) is 14.6. The van der Waals surface area contributed by atoms with E-state index in [0.29, 0.717) is 12.0 Å². The fourth-order valence-corrected chi connectivity index (χ4v) is 3.89.